The molecule has 1 N–H and O–H groups in total. The van der Waals surface area contributed by atoms with Gasteiger partial charge >= 0.3 is 5.97 Å². The Morgan fingerprint density at radius 2 is 1.97 bits per heavy atom. The van der Waals surface area contributed by atoms with Crippen molar-refractivity contribution >= 4 is 35.0 Å². The third-order valence-electron chi connectivity index (χ3n) is 4.58. The van der Waals surface area contributed by atoms with Gasteiger partial charge < -0.3 is 19.5 Å². The lowest BCUT2D eigenvalue weighted by molar-refractivity contribution is -0.124. The average Bonchev–Trinajstić information content (AvgIpc) is 3.34. The molecule has 0 radical (unpaired) electrons. The van der Waals surface area contributed by atoms with Crippen LogP contribution in [-0.4, -0.2) is 37.7 Å². The number of ether oxygens (including phenoxy) is 3. The minimum absolute atomic E-state index is 0.368. The number of thioether (sulfide) groups is 1. The molecule has 0 saturated carbocycles. The number of benzene rings is 2. The Labute approximate surface area is 195 Å². The molecular weight excluding hydrogens is 448 g/mol. The molecule has 1 aromatic heterocycles. The van der Waals surface area contributed by atoms with Gasteiger partial charge in [-0.2, -0.15) is 0 Å². The quantitative estimate of drug-likeness (QED) is 0.344. The molecule has 1 atom stereocenters. The van der Waals surface area contributed by atoms with Crippen molar-refractivity contribution in [3.63, 3.8) is 0 Å². The highest BCUT2D eigenvalue weighted by Gasteiger charge is 2.18. The monoisotopic (exact) mass is 472 g/mol. The van der Waals surface area contributed by atoms with Crippen molar-refractivity contribution in [3.05, 3.63) is 70.2 Å². The van der Waals surface area contributed by atoms with Gasteiger partial charge in [-0.1, -0.05) is 12.1 Å². The van der Waals surface area contributed by atoms with Crippen LogP contribution in [0.1, 0.15) is 34.6 Å². The van der Waals surface area contributed by atoms with E-state index in [1.54, 1.807) is 50.1 Å². The molecule has 1 amide bonds. The van der Waals surface area contributed by atoms with Crippen LogP contribution in [0.25, 0.3) is 0 Å². The van der Waals surface area contributed by atoms with Gasteiger partial charge in [-0.25, -0.2) is 9.78 Å². The van der Waals surface area contributed by atoms with E-state index < -0.39 is 11.9 Å². The first-order valence-corrected chi connectivity index (χ1v) is 11.7. The highest BCUT2D eigenvalue weighted by Crippen LogP contribution is 2.29. The van der Waals surface area contributed by atoms with Gasteiger partial charge in [0, 0.05) is 21.6 Å². The van der Waals surface area contributed by atoms with Crippen LogP contribution in [-0.2, 0) is 15.3 Å². The fraction of sp³-hybridized carbons (Fsp3) is 0.261. The minimum atomic E-state index is -0.548. The molecular formula is C23H24N2O5S2. The van der Waals surface area contributed by atoms with E-state index in [1.165, 1.54) is 23.1 Å². The van der Waals surface area contributed by atoms with Gasteiger partial charge in [0.1, 0.15) is 11.5 Å². The predicted octanol–water partition coefficient (Wildman–Crippen LogP) is 4.49. The molecule has 1 heterocycles. The summed E-state index contributed by atoms with van der Waals surface area (Å²) in [6.07, 6.45) is 0. The van der Waals surface area contributed by atoms with Gasteiger partial charge in [-0.3, -0.25) is 4.79 Å². The largest absolute Gasteiger partial charge is 0.497 e. The van der Waals surface area contributed by atoms with Gasteiger partial charge in [0.05, 0.1) is 37.0 Å². The van der Waals surface area contributed by atoms with E-state index in [9.17, 15) is 9.59 Å². The molecule has 1 unspecified atom stereocenters. The van der Waals surface area contributed by atoms with Crippen LogP contribution < -0.4 is 14.8 Å². The zero-order valence-corrected chi connectivity index (χ0v) is 19.6. The van der Waals surface area contributed by atoms with Gasteiger partial charge in [0.15, 0.2) is 6.61 Å². The molecule has 7 nitrogen and oxygen atoms in total. The average molecular weight is 473 g/mol. The van der Waals surface area contributed by atoms with Gasteiger partial charge in [0.2, 0.25) is 0 Å². The Kier molecular flexibility index (Phi) is 8.52. The van der Waals surface area contributed by atoms with E-state index in [2.05, 4.69) is 10.3 Å². The molecule has 0 aliphatic heterocycles. The van der Waals surface area contributed by atoms with E-state index in [4.69, 9.17) is 14.2 Å². The standard InChI is InChI=1S/C23H24N2O5S2/c1-15(19-10-17(28-2)8-9-20(19)29-3)25-22(26)11-30-23(27)18-6-4-5-7-21(18)32-13-16-12-31-14-24-16/h4-10,12,14-15H,11,13H2,1-3H3,(H,25,26). The van der Waals surface area contributed by atoms with Crippen LogP contribution in [0.3, 0.4) is 0 Å². The molecule has 0 spiro atoms. The minimum Gasteiger partial charge on any atom is -0.497 e. The van der Waals surface area contributed by atoms with Gasteiger partial charge in [-0.15, -0.1) is 23.1 Å². The predicted molar refractivity (Wildman–Crippen MR) is 125 cm³/mol. The molecule has 3 aromatic rings. The molecule has 0 fully saturated rings. The van der Waals surface area contributed by atoms with E-state index in [0.717, 1.165) is 16.2 Å². The number of nitrogens with zero attached hydrogens (tertiary/aromatic N) is 1. The number of methoxy groups -OCH3 is 2. The van der Waals surface area contributed by atoms with Crippen molar-refractivity contribution in [2.75, 3.05) is 20.8 Å². The van der Waals surface area contributed by atoms with Crippen molar-refractivity contribution in [2.45, 2.75) is 23.6 Å². The van der Waals surface area contributed by atoms with Gasteiger partial charge in [0.25, 0.3) is 5.91 Å². The number of hydrogen-bond donors (Lipinski definition) is 1. The number of esters is 1. The molecule has 32 heavy (non-hydrogen) atoms. The summed E-state index contributed by atoms with van der Waals surface area (Å²) < 4.78 is 15.9. The Morgan fingerprint density at radius 3 is 2.69 bits per heavy atom. The maximum Gasteiger partial charge on any atom is 0.339 e. The van der Waals surface area contributed by atoms with Crippen LogP contribution in [0.4, 0.5) is 0 Å². The topological polar surface area (TPSA) is 86.8 Å². The zero-order chi connectivity index (χ0) is 22.9. The fourth-order valence-corrected chi connectivity index (χ4v) is 4.58. The number of thiazole rings is 1. The summed E-state index contributed by atoms with van der Waals surface area (Å²) in [6, 6.07) is 12.1. The van der Waals surface area contributed by atoms with Crippen molar-refractivity contribution < 1.29 is 23.8 Å². The zero-order valence-electron chi connectivity index (χ0n) is 18.0. The number of rotatable bonds is 10. The van der Waals surface area contributed by atoms with Crippen molar-refractivity contribution in [1.29, 1.82) is 0 Å². The Balaban J connectivity index is 1.58. The second kappa shape index (κ2) is 11.5. The van der Waals surface area contributed by atoms with E-state index in [1.807, 2.05) is 24.4 Å². The first-order chi connectivity index (χ1) is 15.5. The smallest absolute Gasteiger partial charge is 0.339 e. The summed E-state index contributed by atoms with van der Waals surface area (Å²) in [5, 5.41) is 4.79. The maximum absolute atomic E-state index is 12.6. The lowest BCUT2D eigenvalue weighted by Gasteiger charge is -2.18. The highest BCUT2D eigenvalue weighted by atomic mass is 32.2. The molecule has 2 aromatic carbocycles. The summed E-state index contributed by atoms with van der Waals surface area (Å²) >= 11 is 3.03. The molecule has 0 aliphatic rings. The summed E-state index contributed by atoms with van der Waals surface area (Å²) in [4.78, 5) is 30.0. The van der Waals surface area contributed by atoms with Crippen LogP contribution in [0.5, 0.6) is 11.5 Å². The Hall–Kier alpha value is -3.04. The maximum atomic E-state index is 12.6. The molecule has 0 aliphatic carbocycles. The first-order valence-electron chi connectivity index (χ1n) is 9.79. The van der Waals surface area contributed by atoms with E-state index >= 15 is 0 Å². The van der Waals surface area contributed by atoms with Crippen molar-refractivity contribution in [1.82, 2.24) is 10.3 Å². The van der Waals surface area contributed by atoms with E-state index in [0.29, 0.717) is 22.8 Å². The summed E-state index contributed by atoms with van der Waals surface area (Å²) in [7, 11) is 3.13. The van der Waals surface area contributed by atoms with Crippen LogP contribution in [0.15, 0.2) is 58.3 Å². The van der Waals surface area contributed by atoms with Crippen LogP contribution >= 0.6 is 23.1 Å². The summed E-state index contributed by atoms with van der Waals surface area (Å²) in [5.41, 5.74) is 3.90. The highest BCUT2D eigenvalue weighted by molar-refractivity contribution is 7.98. The third kappa shape index (κ3) is 6.24. The lowest BCUT2D eigenvalue weighted by atomic mass is 10.1. The SMILES string of the molecule is COc1ccc(OC)c(C(C)NC(=O)COC(=O)c2ccccc2SCc2cscn2)c1. The van der Waals surface area contributed by atoms with E-state index in [-0.39, 0.29) is 12.6 Å². The molecule has 0 bridgehead atoms. The lowest BCUT2D eigenvalue weighted by Crippen LogP contribution is -2.31. The number of nitrogens with one attached hydrogen (secondary N) is 1. The number of hydrogen-bond acceptors (Lipinski definition) is 8. The first kappa shape index (κ1) is 23.6. The third-order valence-corrected chi connectivity index (χ3v) is 6.32. The van der Waals surface area contributed by atoms with Crippen LogP contribution in [0, 0.1) is 0 Å². The molecule has 9 heteroatoms. The van der Waals surface area contributed by atoms with Gasteiger partial charge in [-0.05, 0) is 37.3 Å². The van der Waals surface area contributed by atoms with Crippen molar-refractivity contribution in [2.24, 2.45) is 0 Å². The number of carbonyl (C=O) groups is 2. The second-order valence-electron chi connectivity index (χ2n) is 6.74. The molecule has 168 valence electrons. The second-order valence-corrected chi connectivity index (χ2v) is 8.47. The number of aromatic nitrogens is 1. The summed E-state index contributed by atoms with van der Waals surface area (Å²) in [5.74, 6) is 0.965. The normalized spacial score (nSPS) is 11.5. The Bertz CT molecular complexity index is 1060. The number of amides is 1. The summed E-state index contributed by atoms with van der Waals surface area (Å²) in [6.45, 7) is 1.43. The molecule has 0 saturated heterocycles. The molecule has 3 rings (SSSR count). The Morgan fingerprint density at radius 1 is 1.16 bits per heavy atom. The fourth-order valence-electron chi connectivity index (χ4n) is 2.97. The van der Waals surface area contributed by atoms with Crippen LogP contribution in [0.2, 0.25) is 0 Å². The number of carbonyl (C=O) groups excluding carboxylic acids is 2. The van der Waals surface area contributed by atoms with Crippen molar-refractivity contribution in [3.8, 4) is 11.5 Å².